The van der Waals surface area contributed by atoms with Gasteiger partial charge in [-0.1, -0.05) is 31.7 Å². The van der Waals surface area contributed by atoms with E-state index < -0.39 is 35.9 Å². The average Bonchev–Trinajstić information content (AvgIpc) is 4.10. The van der Waals surface area contributed by atoms with Crippen molar-refractivity contribution in [2.24, 2.45) is 11.8 Å². The number of carbonyl (C=O) groups is 2. The number of anilines is 2. The third-order valence-corrected chi connectivity index (χ3v) is 9.91. The van der Waals surface area contributed by atoms with Crippen LogP contribution < -0.4 is 10.6 Å². The van der Waals surface area contributed by atoms with Crippen molar-refractivity contribution in [3.05, 3.63) is 108 Å². The van der Waals surface area contributed by atoms with Gasteiger partial charge in [0.1, 0.15) is 11.6 Å². The first-order valence-electron chi connectivity index (χ1n) is 18.3. The second-order valence-electron chi connectivity index (χ2n) is 14.5. The summed E-state index contributed by atoms with van der Waals surface area (Å²) in [6.07, 6.45) is -5.15. The van der Waals surface area contributed by atoms with Crippen LogP contribution in [-0.2, 0) is 9.59 Å². The number of amides is 2. The summed E-state index contributed by atoms with van der Waals surface area (Å²) in [6, 6.07) is 17.2. The number of hydrogen-bond donors (Lipinski definition) is 4. The predicted octanol–water partition coefficient (Wildman–Crippen LogP) is 9.73. The lowest BCUT2D eigenvalue weighted by Gasteiger charge is -2.15. The van der Waals surface area contributed by atoms with Gasteiger partial charge >= 0.3 is 12.4 Å². The fourth-order valence-corrected chi connectivity index (χ4v) is 6.30. The highest BCUT2D eigenvalue weighted by Crippen LogP contribution is 2.36. The fraction of sp³-hybridized carbons (Fsp3) is 0.302. The maximum atomic E-state index is 12.7. The van der Waals surface area contributed by atoms with E-state index in [-0.39, 0.29) is 31.1 Å². The summed E-state index contributed by atoms with van der Waals surface area (Å²) in [5.74, 6) is 1.12. The maximum absolute atomic E-state index is 12.7. The Morgan fingerprint density at radius 3 is 1.27 bits per heavy atom. The number of pyridine rings is 4. The van der Waals surface area contributed by atoms with E-state index >= 15 is 0 Å². The molecule has 2 aliphatic carbocycles. The standard InChI is InChI=1S/2C21H18F3N3O2.CH4/c2*1-11-6-17(19(28)21(22,23)24)25-10-16(11)14-5-4-13-8-18(26-9-15(13)7-14)27-20(29)12-2-3-12;/h2*4-10,12,19,28H,2-3H2,1H3,(H,26,27,29);1H4/t2*19-;/m10./s1. The summed E-state index contributed by atoms with van der Waals surface area (Å²) in [5.41, 5.74) is 3.14. The van der Waals surface area contributed by atoms with Crippen LogP contribution in [0.3, 0.4) is 0 Å². The van der Waals surface area contributed by atoms with Gasteiger partial charge in [0.2, 0.25) is 11.8 Å². The van der Waals surface area contributed by atoms with Crippen LogP contribution >= 0.6 is 0 Å². The van der Waals surface area contributed by atoms with Crippen molar-refractivity contribution in [2.75, 3.05) is 10.6 Å². The predicted molar refractivity (Wildman–Crippen MR) is 211 cm³/mol. The molecule has 16 heteroatoms. The van der Waals surface area contributed by atoms with E-state index in [1.54, 1.807) is 38.4 Å². The topological polar surface area (TPSA) is 150 Å². The molecule has 2 fully saturated rings. The van der Waals surface area contributed by atoms with E-state index in [1.165, 1.54) is 24.5 Å². The van der Waals surface area contributed by atoms with Crippen LogP contribution in [0.4, 0.5) is 38.0 Å². The number of alkyl halides is 6. The van der Waals surface area contributed by atoms with Gasteiger partial charge in [-0.3, -0.25) is 19.6 Å². The fourth-order valence-electron chi connectivity index (χ4n) is 6.30. The lowest BCUT2D eigenvalue weighted by Crippen LogP contribution is -2.21. The van der Waals surface area contributed by atoms with E-state index in [2.05, 4.69) is 30.6 Å². The SMILES string of the molecule is C.Cc1cc([C@@H](O)C(F)(F)F)ncc1-c1ccc2cc(NC(=O)C3CC3)ncc2c1.Cc1cc([C@H](O)C(F)(F)F)ncc1-c1ccc2cc(NC(=O)C3CC3)ncc2c1. The molecule has 2 aliphatic rings. The molecule has 0 saturated heterocycles. The van der Waals surface area contributed by atoms with E-state index in [0.29, 0.717) is 33.9 Å². The molecule has 2 amide bonds. The normalized spacial score (nSPS) is 15.1. The monoisotopic (exact) mass is 818 g/mol. The molecule has 4 heterocycles. The van der Waals surface area contributed by atoms with Gasteiger partial charge in [0.15, 0.2) is 12.2 Å². The Hall–Kier alpha value is -6.00. The number of carbonyl (C=O) groups excluding carboxylic acids is 2. The van der Waals surface area contributed by atoms with Crippen LogP contribution in [0.5, 0.6) is 0 Å². The Morgan fingerprint density at radius 1 is 0.576 bits per heavy atom. The van der Waals surface area contributed by atoms with Crippen molar-refractivity contribution in [3.63, 3.8) is 0 Å². The Morgan fingerprint density at radius 2 is 0.949 bits per heavy atom. The number of nitrogens with one attached hydrogen (secondary N) is 2. The van der Waals surface area contributed by atoms with Crippen LogP contribution in [0, 0.1) is 25.7 Å². The van der Waals surface area contributed by atoms with Crippen LogP contribution in [0.15, 0.2) is 85.5 Å². The highest BCUT2D eigenvalue weighted by atomic mass is 19.4. The summed E-state index contributed by atoms with van der Waals surface area (Å²) >= 11 is 0. The van der Waals surface area contributed by atoms with E-state index in [0.717, 1.165) is 58.4 Å². The molecule has 0 bridgehead atoms. The number of fused-ring (bicyclic) bond motifs is 2. The molecule has 59 heavy (non-hydrogen) atoms. The summed E-state index contributed by atoms with van der Waals surface area (Å²) in [4.78, 5) is 39.9. The van der Waals surface area contributed by atoms with Crippen LogP contribution in [0.2, 0.25) is 0 Å². The molecule has 0 radical (unpaired) electrons. The average molecular weight is 819 g/mol. The summed E-state index contributed by atoms with van der Waals surface area (Å²) < 4.78 is 76.2. The molecule has 10 nitrogen and oxygen atoms in total. The summed E-state index contributed by atoms with van der Waals surface area (Å²) in [5, 5.41) is 27.8. The number of aromatic nitrogens is 4. The second kappa shape index (κ2) is 16.7. The van der Waals surface area contributed by atoms with E-state index in [1.807, 2.05) is 36.4 Å². The molecule has 308 valence electrons. The van der Waals surface area contributed by atoms with Gasteiger partial charge in [0.05, 0.1) is 11.4 Å². The van der Waals surface area contributed by atoms with E-state index in [9.17, 15) is 46.1 Å². The minimum Gasteiger partial charge on any atom is -0.378 e. The van der Waals surface area contributed by atoms with Crippen molar-refractivity contribution >= 4 is 45.0 Å². The van der Waals surface area contributed by atoms with Gasteiger partial charge in [-0.15, -0.1) is 0 Å². The summed E-state index contributed by atoms with van der Waals surface area (Å²) in [6.45, 7) is 3.34. The zero-order valence-electron chi connectivity index (χ0n) is 31.0. The first kappa shape index (κ1) is 42.6. The molecule has 2 aromatic carbocycles. The van der Waals surface area contributed by atoms with Crippen molar-refractivity contribution in [1.29, 1.82) is 0 Å². The highest BCUT2D eigenvalue weighted by Gasteiger charge is 2.41. The molecule has 0 aliphatic heterocycles. The van der Waals surface area contributed by atoms with Crippen molar-refractivity contribution in [1.82, 2.24) is 19.9 Å². The lowest BCUT2D eigenvalue weighted by molar-refractivity contribution is -0.208. The highest BCUT2D eigenvalue weighted by molar-refractivity contribution is 5.97. The van der Waals surface area contributed by atoms with Gasteiger partial charge in [-0.05, 0) is 109 Å². The van der Waals surface area contributed by atoms with Gasteiger partial charge in [-0.2, -0.15) is 26.3 Å². The molecule has 2 saturated carbocycles. The number of halogens is 6. The molecular weight excluding hydrogens is 778 g/mol. The number of benzene rings is 2. The van der Waals surface area contributed by atoms with Crippen LogP contribution in [0.25, 0.3) is 43.8 Å². The third kappa shape index (κ3) is 10.0. The smallest absolute Gasteiger partial charge is 0.378 e. The molecule has 2 atom stereocenters. The number of nitrogens with zero attached hydrogens (tertiary/aromatic N) is 4. The maximum Gasteiger partial charge on any atom is 0.420 e. The Labute approximate surface area is 334 Å². The molecule has 4 N–H and O–H groups in total. The van der Waals surface area contributed by atoms with E-state index in [4.69, 9.17) is 0 Å². The number of aliphatic hydroxyl groups excluding tert-OH is 2. The van der Waals surface area contributed by atoms with Crippen molar-refractivity contribution < 1.29 is 46.1 Å². The minimum absolute atomic E-state index is 0. The molecule has 4 aromatic heterocycles. The number of hydrogen-bond acceptors (Lipinski definition) is 8. The van der Waals surface area contributed by atoms with Crippen molar-refractivity contribution in [3.8, 4) is 22.3 Å². The molecule has 8 rings (SSSR count). The van der Waals surface area contributed by atoms with Gasteiger partial charge in [0.25, 0.3) is 0 Å². The Kier molecular flexibility index (Phi) is 12.1. The second-order valence-corrected chi connectivity index (χ2v) is 14.5. The molecule has 6 aromatic rings. The first-order chi connectivity index (χ1) is 27.4. The summed E-state index contributed by atoms with van der Waals surface area (Å²) in [7, 11) is 0. The number of aliphatic hydroxyl groups is 2. The van der Waals surface area contributed by atoms with Crippen molar-refractivity contribution in [2.45, 2.75) is 71.5 Å². The zero-order valence-corrected chi connectivity index (χ0v) is 31.0. The minimum atomic E-state index is -4.76. The van der Waals surface area contributed by atoms with Crippen LogP contribution in [-0.4, -0.2) is 54.3 Å². The lowest BCUT2D eigenvalue weighted by atomic mass is 9.99. The number of rotatable bonds is 8. The van der Waals surface area contributed by atoms with Gasteiger partial charge in [-0.25, -0.2) is 9.97 Å². The Bertz CT molecular complexity index is 2360. The Balaban J connectivity index is 0.000000195. The molecular formula is C43H40F6N6O4. The largest absolute Gasteiger partial charge is 0.420 e. The van der Waals surface area contributed by atoms with Gasteiger partial charge in [0, 0.05) is 58.5 Å². The quantitative estimate of drug-likeness (QED) is 0.111. The third-order valence-electron chi connectivity index (χ3n) is 9.91. The molecule has 0 spiro atoms. The zero-order chi connectivity index (χ0) is 41.5. The first-order valence-corrected chi connectivity index (χ1v) is 18.3. The number of aryl methyl sites for hydroxylation is 2. The van der Waals surface area contributed by atoms with Gasteiger partial charge < -0.3 is 20.8 Å². The van der Waals surface area contributed by atoms with Crippen LogP contribution in [0.1, 0.15) is 67.8 Å². The molecule has 0 unspecified atom stereocenters.